The predicted molar refractivity (Wildman–Crippen MR) is 136 cm³/mol. The minimum absolute atomic E-state index is 0.331. The van der Waals surface area contributed by atoms with E-state index in [2.05, 4.69) is 30.6 Å². The summed E-state index contributed by atoms with van der Waals surface area (Å²) in [5.74, 6) is 1.11. The van der Waals surface area contributed by atoms with Crippen LogP contribution >= 0.6 is 0 Å². The Hall–Kier alpha value is -5.33. The number of anilines is 2. The highest BCUT2D eigenvalue weighted by molar-refractivity contribution is 5.99. The molecule has 0 radical (unpaired) electrons. The van der Waals surface area contributed by atoms with Crippen molar-refractivity contribution in [3.63, 3.8) is 0 Å². The summed E-state index contributed by atoms with van der Waals surface area (Å²) in [6.45, 7) is 0. The Balaban J connectivity index is 1.23. The van der Waals surface area contributed by atoms with Crippen LogP contribution in [0.1, 0.15) is 0 Å². The molecule has 39 heavy (non-hydrogen) atoms. The highest BCUT2D eigenvalue weighted by Crippen LogP contribution is 2.26. The lowest BCUT2D eigenvalue weighted by Crippen LogP contribution is -2.21. The van der Waals surface area contributed by atoms with E-state index in [9.17, 15) is 18.0 Å². The number of amides is 2. The molecule has 0 saturated carbocycles. The Morgan fingerprint density at radius 2 is 1.67 bits per heavy atom. The van der Waals surface area contributed by atoms with Crippen molar-refractivity contribution >= 4 is 17.5 Å². The summed E-state index contributed by atoms with van der Waals surface area (Å²) in [6.07, 6.45) is -1.75. The van der Waals surface area contributed by atoms with E-state index >= 15 is 0 Å². The second kappa shape index (κ2) is 10.6. The molecule has 10 nitrogen and oxygen atoms in total. The van der Waals surface area contributed by atoms with E-state index in [-0.39, 0.29) is 5.75 Å². The van der Waals surface area contributed by atoms with Crippen LogP contribution in [0.4, 0.5) is 29.5 Å². The highest BCUT2D eigenvalue weighted by atomic mass is 19.4. The topological polar surface area (TPSA) is 108 Å². The summed E-state index contributed by atoms with van der Waals surface area (Å²) in [7, 11) is 1.56. The van der Waals surface area contributed by atoms with Crippen LogP contribution in [0.25, 0.3) is 22.8 Å². The number of aromatic nitrogens is 5. The number of ether oxygens (including phenoxy) is 2. The Labute approximate surface area is 219 Å². The standard InChI is InChI=1S/C26H20F3N7O3/c1-38-22-5-3-2-4-21(22)36-23(14-15-31-36)33-25(37)32-18-8-6-17(7-9-18)24-30-16-35(34-24)19-10-12-20(13-11-19)39-26(27,28)29/h2-16H,1H3,(H2,32,33,37). The zero-order valence-electron chi connectivity index (χ0n) is 20.3. The van der Waals surface area contributed by atoms with E-state index in [1.165, 1.54) is 35.3 Å². The van der Waals surface area contributed by atoms with Gasteiger partial charge >= 0.3 is 12.4 Å². The zero-order valence-corrected chi connectivity index (χ0v) is 20.3. The van der Waals surface area contributed by atoms with Crippen molar-refractivity contribution in [3.05, 3.63) is 91.4 Å². The molecule has 0 saturated heterocycles. The summed E-state index contributed by atoms with van der Waals surface area (Å²) in [4.78, 5) is 16.9. The van der Waals surface area contributed by atoms with Gasteiger partial charge in [0.25, 0.3) is 0 Å². The fourth-order valence-corrected chi connectivity index (χ4v) is 3.70. The molecule has 5 rings (SSSR count). The molecule has 3 aromatic carbocycles. The summed E-state index contributed by atoms with van der Waals surface area (Å²) < 4.78 is 49.3. The normalized spacial score (nSPS) is 11.2. The number of hydrogen-bond acceptors (Lipinski definition) is 6. The number of nitrogens with one attached hydrogen (secondary N) is 2. The Morgan fingerprint density at radius 3 is 2.38 bits per heavy atom. The van der Waals surface area contributed by atoms with Gasteiger partial charge in [0.15, 0.2) is 5.82 Å². The molecule has 2 heterocycles. The number of para-hydroxylation sites is 2. The summed E-state index contributed by atoms with van der Waals surface area (Å²) in [6, 6.07) is 20.6. The Kier molecular flexibility index (Phi) is 6.87. The van der Waals surface area contributed by atoms with Gasteiger partial charge in [0.1, 0.15) is 29.3 Å². The molecule has 5 aromatic rings. The number of hydrogen-bond donors (Lipinski definition) is 2. The molecule has 198 valence electrons. The molecular formula is C26H20F3N7O3. The van der Waals surface area contributed by atoms with Gasteiger partial charge in [-0.1, -0.05) is 12.1 Å². The molecule has 2 aromatic heterocycles. The van der Waals surface area contributed by atoms with Gasteiger partial charge in [0, 0.05) is 17.3 Å². The highest BCUT2D eigenvalue weighted by Gasteiger charge is 2.31. The van der Waals surface area contributed by atoms with Crippen molar-refractivity contribution in [2.45, 2.75) is 6.36 Å². The van der Waals surface area contributed by atoms with E-state index in [0.29, 0.717) is 40.0 Å². The van der Waals surface area contributed by atoms with Crippen molar-refractivity contribution in [1.82, 2.24) is 24.5 Å². The molecule has 0 aliphatic heterocycles. The van der Waals surface area contributed by atoms with Crippen LogP contribution < -0.4 is 20.1 Å². The van der Waals surface area contributed by atoms with Gasteiger partial charge in [-0.25, -0.2) is 19.1 Å². The van der Waals surface area contributed by atoms with Gasteiger partial charge in [-0.15, -0.1) is 18.3 Å². The fourth-order valence-electron chi connectivity index (χ4n) is 3.70. The first kappa shape index (κ1) is 25.3. The van der Waals surface area contributed by atoms with Gasteiger partial charge in [-0.3, -0.25) is 5.32 Å². The first-order chi connectivity index (χ1) is 18.8. The third-order valence-electron chi connectivity index (χ3n) is 5.43. The number of halogens is 3. The van der Waals surface area contributed by atoms with Crippen molar-refractivity contribution in [3.8, 4) is 34.3 Å². The van der Waals surface area contributed by atoms with Crippen LogP contribution in [0.2, 0.25) is 0 Å². The van der Waals surface area contributed by atoms with E-state index in [0.717, 1.165) is 0 Å². The molecule has 0 aliphatic carbocycles. The zero-order chi connectivity index (χ0) is 27.4. The van der Waals surface area contributed by atoms with Crippen LogP contribution in [0, 0.1) is 0 Å². The van der Waals surface area contributed by atoms with E-state index in [1.54, 1.807) is 54.4 Å². The lowest BCUT2D eigenvalue weighted by atomic mass is 10.2. The summed E-state index contributed by atoms with van der Waals surface area (Å²) >= 11 is 0. The molecule has 0 fully saturated rings. The Bertz CT molecular complexity index is 1580. The number of benzene rings is 3. The van der Waals surface area contributed by atoms with Gasteiger partial charge in [0.05, 0.1) is 19.0 Å². The fraction of sp³-hybridized carbons (Fsp3) is 0.0769. The van der Waals surface area contributed by atoms with Gasteiger partial charge in [-0.05, 0) is 60.7 Å². The van der Waals surface area contributed by atoms with E-state index in [4.69, 9.17) is 4.74 Å². The second-order valence-electron chi connectivity index (χ2n) is 8.01. The maximum Gasteiger partial charge on any atom is 0.573 e. The maximum atomic E-state index is 12.6. The monoisotopic (exact) mass is 535 g/mol. The van der Waals surface area contributed by atoms with Crippen LogP contribution in [0.5, 0.6) is 11.5 Å². The van der Waals surface area contributed by atoms with Gasteiger partial charge in [-0.2, -0.15) is 5.10 Å². The smallest absolute Gasteiger partial charge is 0.494 e. The molecule has 0 bridgehead atoms. The molecule has 0 unspecified atom stereocenters. The Morgan fingerprint density at radius 1 is 0.923 bits per heavy atom. The van der Waals surface area contributed by atoms with E-state index in [1.807, 2.05) is 18.2 Å². The number of alkyl halides is 3. The first-order valence-corrected chi connectivity index (χ1v) is 11.4. The van der Waals surface area contributed by atoms with Crippen molar-refractivity contribution < 1.29 is 27.4 Å². The number of urea groups is 1. The molecule has 0 atom stereocenters. The van der Waals surface area contributed by atoms with Crippen molar-refractivity contribution in [2.24, 2.45) is 0 Å². The van der Waals surface area contributed by atoms with Crippen molar-refractivity contribution in [1.29, 1.82) is 0 Å². The van der Waals surface area contributed by atoms with Gasteiger partial charge in [0.2, 0.25) is 0 Å². The minimum atomic E-state index is -4.76. The predicted octanol–water partition coefficient (Wildman–Crippen LogP) is 5.67. The summed E-state index contributed by atoms with van der Waals surface area (Å²) in [5.41, 5.74) is 2.37. The number of rotatable bonds is 7. The third kappa shape index (κ3) is 5.98. The van der Waals surface area contributed by atoms with E-state index < -0.39 is 12.4 Å². The average Bonchev–Trinajstić information content (AvgIpc) is 3.59. The van der Waals surface area contributed by atoms with Gasteiger partial charge < -0.3 is 14.8 Å². The largest absolute Gasteiger partial charge is 0.573 e. The quantitative estimate of drug-likeness (QED) is 0.278. The molecule has 0 aliphatic rings. The maximum absolute atomic E-state index is 12.6. The van der Waals surface area contributed by atoms with Crippen molar-refractivity contribution in [2.75, 3.05) is 17.7 Å². The van der Waals surface area contributed by atoms with Crippen LogP contribution in [-0.4, -0.2) is 44.0 Å². The number of nitrogens with zero attached hydrogens (tertiary/aromatic N) is 5. The van der Waals surface area contributed by atoms with Crippen LogP contribution in [0.15, 0.2) is 91.4 Å². The van der Waals surface area contributed by atoms with Crippen LogP contribution in [-0.2, 0) is 0 Å². The molecule has 13 heteroatoms. The second-order valence-corrected chi connectivity index (χ2v) is 8.01. The minimum Gasteiger partial charge on any atom is -0.494 e. The molecule has 2 N–H and O–H groups in total. The third-order valence-corrected chi connectivity index (χ3v) is 5.43. The first-order valence-electron chi connectivity index (χ1n) is 11.4. The molecule has 2 amide bonds. The lowest BCUT2D eigenvalue weighted by Gasteiger charge is -2.12. The summed E-state index contributed by atoms with van der Waals surface area (Å²) in [5, 5.41) is 14.2. The number of carbonyl (C=O) groups excluding carboxylic acids is 1. The number of methoxy groups -OCH3 is 1. The molecule has 0 spiro atoms. The lowest BCUT2D eigenvalue weighted by molar-refractivity contribution is -0.274. The average molecular weight is 535 g/mol. The SMILES string of the molecule is COc1ccccc1-n1nccc1NC(=O)Nc1ccc(-c2ncn(-c3ccc(OC(F)(F)F)cc3)n2)cc1. The van der Waals surface area contributed by atoms with Crippen LogP contribution in [0.3, 0.4) is 0 Å². The number of carbonyl (C=O) groups is 1. The molecular weight excluding hydrogens is 515 g/mol.